The highest BCUT2D eigenvalue weighted by atomic mass is 16.6. The second-order valence-corrected chi connectivity index (χ2v) is 21.7. The lowest BCUT2D eigenvalue weighted by Crippen LogP contribution is -2.53. The number of hydrogen-bond donors (Lipinski definition) is 0. The molecule has 0 radical (unpaired) electrons. The Morgan fingerprint density at radius 2 is 0.410 bits per heavy atom. The van der Waals surface area contributed by atoms with E-state index in [-0.39, 0.29) is 170 Å². The van der Waals surface area contributed by atoms with Gasteiger partial charge in [0.1, 0.15) is 12.3 Å². The van der Waals surface area contributed by atoms with Crippen LogP contribution in [0.1, 0.15) is 6.92 Å². The van der Waals surface area contributed by atoms with Crippen molar-refractivity contribution >= 4 is 47.1 Å². The van der Waals surface area contributed by atoms with Crippen molar-refractivity contribution in [3.63, 3.8) is 0 Å². The summed E-state index contributed by atoms with van der Waals surface area (Å²) in [6.07, 6.45) is 11.2. The van der Waals surface area contributed by atoms with E-state index < -0.39 is 80.6 Å². The van der Waals surface area contributed by atoms with Gasteiger partial charge in [-0.15, -0.1) is 12.8 Å². The lowest BCUT2D eigenvalue weighted by Gasteiger charge is -2.32. The van der Waals surface area contributed by atoms with Crippen LogP contribution in [0.3, 0.4) is 0 Å². The standard InChI is InChI=1S/C66H118N8O26/c1-11-13-68(51-59(3)75)61(77)53-69(14-12-2)62(78)54-71(17-23-91-41-47-97-35-29-85-7)64(80)56-73(19-25-93-43-49-99-37-31-87-9)66(82)58-74(20-26-94-44-50-100-38-32-88-10)65(81)57-72(18-24-92-42-48-98-36-30-86-8)63(79)55-70(16-22-90-40-46-96-34-28-84-6)60(76)52-67(4)15-21-89-39-45-95-33-27-83-5/h1-2H,13-58H2,3-10H3. The summed E-state index contributed by atoms with van der Waals surface area (Å²) in [6.45, 7) is 2.54. The number of methoxy groups -OCH3 is 6. The summed E-state index contributed by atoms with van der Waals surface area (Å²) in [5, 5.41) is 0. The average molecular weight is 1440 g/mol. The van der Waals surface area contributed by atoms with Gasteiger partial charge in [-0.2, -0.15) is 0 Å². The molecule has 0 unspecified atom stereocenters. The Bertz CT molecular complexity index is 2200. The molecule has 0 fully saturated rings. The Labute approximate surface area is 592 Å². The molecule has 0 aliphatic carbocycles. The normalized spacial score (nSPS) is 11.2. The first kappa shape index (κ1) is 94.3. The Morgan fingerprint density at radius 1 is 0.240 bits per heavy atom. The van der Waals surface area contributed by atoms with Crippen molar-refractivity contribution in [3.05, 3.63) is 0 Å². The highest BCUT2D eigenvalue weighted by molar-refractivity contribution is 5.93. The second-order valence-electron chi connectivity index (χ2n) is 21.7. The molecule has 0 aliphatic heterocycles. The molecule has 0 bridgehead atoms. The van der Waals surface area contributed by atoms with E-state index in [9.17, 15) is 28.8 Å². The predicted molar refractivity (Wildman–Crippen MR) is 363 cm³/mol. The fraction of sp³-hybridized carbons (Fsp3) is 0.818. The van der Waals surface area contributed by atoms with Gasteiger partial charge in [-0.3, -0.25) is 43.3 Å². The highest BCUT2D eigenvalue weighted by Crippen LogP contribution is 2.07. The van der Waals surface area contributed by atoms with Gasteiger partial charge in [0, 0.05) is 81.9 Å². The number of ether oxygens (including phenoxy) is 18. The number of carbonyl (C=O) groups excluding carboxylic acids is 8. The molecular formula is C66H118N8O26. The fourth-order valence-corrected chi connectivity index (χ4v) is 8.28. The molecule has 0 spiro atoms. The van der Waals surface area contributed by atoms with Gasteiger partial charge < -0.3 is 120 Å². The first-order chi connectivity index (χ1) is 48.6. The van der Waals surface area contributed by atoms with Crippen molar-refractivity contribution in [2.75, 3.05) is 353 Å². The number of ketones is 1. The van der Waals surface area contributed by atoms with Gasteiger partial charge in [0.15, 0.2) is 0 Å². The van der Waals surface area contributed by atoms with E-state index >= 15 is 9.59 Å². The van der Waals surface area contributed by atoms with Gasteiger partial charge in [-0.25, -0.2) is 0 Å². The molecule has 0 rings (SSSR count). The third-order valence-electron chi connectivity index (χ3n) is 13.8. The third-order valence-corrected chi connectivity index (χ3v) is 13.8. The number of amides is 7. The number of nitrogens with zero attached hydrogens (tertiary/aromatic N) is 8. The maximum absolute atomic E-state index is 15.0. The molecule has 0 aromatic heterocycles. The Hall–Kier alpha value is -5.68. The number of Topliss-reactive ketones (excluding diaryl/α,β-unsaturated/α-hetero) is 1. The molecule has 0 atom stereocenters. The van der Waals surface area contributed by atoms with Gasteiger partial charge in [0.2, 0.25) is 41.4 Å². The van der Waals surface area contributed by atoms with Crippen LogP contribution in [0.25, 0.3) is 0 Å². The SMILES string of the molecule is C#CCN(CC(C)=O)C(=O)CN(CC#C)C(=O)CN(CCOCCOCCOC)C(=O)CN(CCOCCOCCOC)C(=O)CN(CCOCCOCCOC)C(=O)CN(CCOCCOCCOC)C(=O)CN(CCOCCOCCOC)C(=O)CN(C)CCOCCOCCOC. The molecular weight excluding hydrogens is 1320 g/mol. The summed E-state index contributed by atoms with van der Waals surface area (Å²) in [6, 6.07) is 0. The van der Waals surface area contributed by atoms with Crippen LogP contribution in [0, 0.1) is 24.7 Å². The van der Waals surface area contributed by atoms with Crippen LogP contribution in [0.5, 0.6) is 0 Å². The van der Waals surface area contributed by atoms with Crippen molar-refractivity contribution < 1.29 is 124 Å². The van der Waals surface area contributed by atoms with Crippen LogP contribution in [0.15, 0.2) is 0 Å². The fourth-order valence-electron chi connectivity index (χ4n) is 8.28. The number of rotatable bonds is 72. The maximum atomic E-state index is 15.0. The van der Waals surface area contributed by atoms with E-state index in [0.717, 1.165) is 19.6 Å². The van der Waals surface area contributed by atoms with Crippen molar-refractivity contribution in [1.29, 1.82) is 0 Å². The molecule has 0 heterocycles. The Balaban J connectivity index is 7.51. The largest absolute Gasteiger partial charge is 0.382 e. The maximum Gasteiger partial charge on any atom is 0.243 e. The smallest absolute Gasteiger partial charge is 0.243 e. The van der Waals surface area contributed by atoms with Crippen LogP contribution in [-0.2, 0) is 124 Å². The van der Waals surface area contributed by atoms with E-state index in [1.54, 1.807) is 33.3 Å². The molecule has 0 saturated heterocycles. The van der Waals surface area contributed by atoms with Crippen molar-refractivity contribution in [2.24, 2.45) is 0 Å². The van der Waals surface area contributed by atoms with Crippen LogP contribution < -0.4 is 0 Å². The van der Waals surface area contributed by atoms with Gasteiger partial charge in [-0.05, 0) is 14.0 Å². The monoisotopic (exact) mass is 1440 g/mol. The predicted octanol–water partition coefficient (Wildman–Crippen LogP) is -3.35. The average Bonchev–Trinajstić information content (AvgIpc) is 0.891. The third kappa shape index (κ3) is 53.2. The number of likely N-dealkylation sites (N-methyl/N-ethyl adjacent to an activating group) is 1. The van der Waals surface area contributed by atoms with Crippen LogP contribution in [0.4, 0.5) is 0 Å². The van der Waals surface area contributed by atoms with Gasteiger partial charge >= 0.3 is 0 Å². The summed E-state index contributed by atoms with van der Waals surface area (Å²) in [4.78, 5) is 124. The molecule has 7 amide bonds. The van der Waals surface area contributed by atoms with E-state index in [1.165, 1.54) is 43.0 Å². The zero-order valence-electron chi connectivity index (χ0n) is 60.9. The molecule has 34 nitrogen and oxygen atoms in total. The first-order valence-electron chi connectivity index (χ1n) is 33.4. The lowest BCUT2D eigenvalue weighted by atomic mass is 10.3. The minimum atomic E-state index is -0.758. The van der Waals surface area contributed by atoms with Crippen molar-refractivity contribution in [3.8, 4) is 24.7 Å². The molecule has 34 heteroatoms. The molecule has 0 aromatic carbocycles. The van der Waals surface area contributed by atoms with E-state index in [4.69, 9.17) is 98.1 Å². The minimum absolute atomic E-state index is 0.0189. The summed E-state index contributed by atoms with van der Waals surface area (Å²) in [7, 11) is 11.0. The number of hydrogen-bond acceptors (Lipinski definition) is 27. The first-order valence-corrected chi connectivity index (χ1v) is 33.4. The topological polar surface area (TPSA) is 329 Å². The summed E-state index contributed by atoms with van der Waals surface area (Å²) < 4.78 is 98.4. The molecule has 0 aromatic rings. The second kappa shape index (κ2) is 67.8. The number of carbonyl (C=O) groups is 8. The van der Waals surface area contributed by atoms with Crippen molar-refractivity contribution in [1.82, 2.24) is 39.2 Å². The lowest BCUT2D eigenvalue weighted by molar-refractivity contribution is -0.149. The van der Waals surface area contributed by atoms with Crippen LogP contribution in [-0.4, -0.2) is 439 Å². The van der Waals surface area contributed by atoms with E-state index in [2.05, 4.69) is 11.8 Å². The summed E-state index contributed by atoms with van der Waals surface area (Å²) in [5.74, 6) is -0.373. The van der Waals surface area contributed by atoms with Crippen molar-refractivity contribution in [2.45, 2.75) is 6.92 Å². The highest BCUT2D eigenvalue weighted by Gasteiger charge is 2.31. The van der Waals surface area contributed by atoms with Gasteiger partial charge in [0.05, 0.1) is 257 Å². The number of terminal acetylenes is 2. The molecule has 578 valence electrons. The quantitative estimate of drug-likeness (QED) is 0.0424. The van der Waals surface area contributed by atoms with Crippen LogP contribution in [0.2, 0.25) is 0 Å². The molecule has 0 aliphatic rings. The van der Waals surface area contributed by atoms with Gasteiger partial charge in [0.25, 0.3) is 0 Å². The van der Waals surface area contributed by atoms with Crippen LogP contribution >= 0.6 is 0 Å². The summed E-state index contributed by atoms with van der Waals surface area (Å²) >= 11 is 0. The summed E-state index contributed by atoms with van der Waals surface area (Å²) in [5.41, 5.74) is 0. The zero-order chi connectivity index (χ0) is 73.9. The Kier molecular flexibility index (Phi) is 63.9. The zero-order valence-corrected chi connectivity index (χ0v) is 60.9. The molecule has 0 saturated carbocycles. The Morgan fingerprint density at radius 3 is 0.620 bits per heavy atom. The van der Waals surface area contributed by atoms with E-state index in [0.29, 0.717) is 99.0 Å². The van der Waals surface area contributed by atoms with E-state index in [1.807, 2.05) is 0 Å². The minimum Gasteiger partial charge on any atom is -0.382 e. The molecule has 100 heavy (non-hydrogen) atoms. The van der Waals surface area contributed by atoms with Gasteiger partial charge in [-0.1, -0.05) is 11.8 Å². The molecule has 0 N–H and O–H groups in total.